The normalized spacial score (nSPS) is 12.9. The van der Waals surface area contributed by atoms with E-state index in [2.05, 4.69) is 0 Å². The summed E-state index contributed by atoms with van der Waals surface area (Å²) in [6, 6.07) is 2.03. The molecule has 1 heterocycles. The zero-order chi connectivity index (χ0) is 12.8. The Labute approximate surface area is 106 Å². The molecule has 0 saturated carbocycles. The Morgan fingerprint density at radius 1 is 1.65 bits per heavy atom. The number of hydrogen-bond acceptors (Lipinski definition) is 3. The van der Waals surface area contributed by atoms with Gasteiger partial charge < -0.3 is 10.0 Å². The molecule has 0 fully saturated rings. The molecule has 1 amide bonds. The number of amides is 1. The topological polar surface area (TPSA) is 40.5 Å². The Morgan fingerprint density at radius 3 is 2.88 bits per heavy atom. The van der Waals surface area contributed by atoms with Crippen molar-refractivity contribution >= 4 is 23.3 Å². The van der Waals surface area contributed by atoms with Crippen molar-refractivity contribution in [2.45, 2.75) is 26.4 Å². The van der Waals surface area contributed by atoms with Gasteiger partial charge in [-0.2, -0.15) is 0 Å². The summed E-state index contributed by atoms with van der Waals surface area (Å²) in [7, 11) is 1.75. The molecule has 1 N–H and O–H groups in total. The fourth-order valence-corrected chi connectivity index (χ4v) is 2.14. The van der Waals surface area contributed by atoms with Crippen molar-refractivity contribution in [3.8, 4) is 0 Å². The summed E-state index contributed by atoms with van der Waals surface area (Å²) in [5, 5.41) is 11.2. The van der Waals surface area contributed by atoms with Gasteiger partial charge in [-0.25, -0.2) is 0 Å². The molecule has 1 rings (SSSR count). The van der Waals surface area contributed by atoms with Gasteiger partial charge in [0.1, 0.15) is 0 Å². The second kappa shape index (κ2) is 6.57. The van der Waals surface area contributed by atoms with Crippen molar-refractivity contribution in [1.29, 1.82) is 0 Å². The van der Waals surface area contributed by atoms with Crippen LogP contribution >= 0.6 is 11.3 Å². The molecule has 1 aromatic rings. The molecule has 4 heteroatoms. The first-order chi connectivity index (χ1) is 8.00. The summed E-state index contributed by atoms with van der Waals surface area (Å²) in [4.78, 5) is 14.5. The van der Waals surface area contributed by atoms with Gasteiger partial charge in [-0.15, -0.1) is 11.3 Å². The smallest absolute Gasteiger partial charge is 0.246 e. The van der Waals surface area contributed by atoms with Gasteiger partial charge in [0.2, 0.25) is 5.91 Å². The standard InChI is InChI=1S/C13H19NO2S/c1-10-7-9-17-12(10)4-5-13(16)14(3)8-6-11(2)15/h4-5,7,9,11,15H,6,8H2,1-3H3/b5-4+. The number of aryl methyl sites for hydroxylation is 1. The third-order valence-corrected chi connectivity index (χ3v) is 3.52. The number of thiophene rings is 1. The van der Waals surface area contributed by atoms with E-state index < -0.39 is 0 Å². The third-order valence-electron chi connectivity index (χ3n) is 2.54. The molecule has 0 aliphatic heterocycles. The van der Waals surface area contributed by atoms with E-state index in [9.17, 15) is 4.79 Å². The summed E-state index contributed by atoms with van der Waals surface area (Å²) in [5.74, 6) is -0.0292. The van der Waals surface area contributed by atoms with Gasteiger partial charge in [0.25, 0.3) is 0 Å². The van der Waals surface area contributed by atoms with E-state index >= 15 is 0 Å². The third kappa shape index (κ3) is 4.71. The van der Waals surface area contributed by atoms with Crippen LogP contribution in [-0.4, -0.2) is 35.6 Å². The van der Waals surface area contributed by atoms with Crippen LogP contribution in [0.4, 0.5) is 0 Å². The second-order valence-electron chi connectivity index (χ2n) is 4.20. The number of likely N-dealkylation sites (N-methyl/N-ethyl adjacent to an activating group) is 1. The Balaban J connectivity index is 2.48. The molecule has 0 aliphatic carbocycles. The molecule has 0 aliphatic rings. The molecular weight excluding hydrogens is 234 g/mol. The Morgan fingerprint density at radius 2 is 2.35 bits per heavy atom. The molecule has 0 bridgehead atoms. The lowest BCUT2D eigenvalue weighted by molar-refractivity contribution is -0.124. The van der Waals surface area contributed by atoms with Crippen LogP contribution in [0.25, 0.3) is 6.08 Å². The molecule has 1 aromatic heterocycles. The molecule has 0 radical (unpaired) electrons. The molecule has 0 spiro atoms. The maximum atomic E-state index is 11.7. The molecule has 17 heavy (non-hydrogen) atoms. The highest BCUT2D eigenvalue weighted by atomic mass is 32.1. The second-order valence-corrected chi connectivity index (χ2v) is 5.15. The molecule has 0 aromatic carbocycles. The molecule has 1 atom stereocenters. The number of aliphatic hydroxyl groups is 1. The minimum Gasteiger partial charge on any atom is -0.393 e. The van der Waals surface area contributed by atoms with E-state index in [1.165, 1.54) is 5.56 Å². The summed E-state index contributed by atoms with van der Waals surface area (Å²) < 4.78 is 0. The number of aliphatic hydroxyl groups excluding tert-OH is 1. The average Bonchev–Trinajstić information content (AvgIpc) is 2.68. The summed E-state index contributed by atoms with van der Waals surface area (Å²) in [6.45, 7) is 4.32. The highest BCUT2D eigenvalue weighted by molar-refractivity contribution is 7.11. The first-order valence-corrected chi connectivity index (χ1v) is 6.54. The van der Waals surface area contributed by atoms with Crippen LogP contribution in [0.1, 0.15) is 23.8 Å². The number of rotatable bonds is 5. The zero-order valence-corrected chi connectivity index (χ0v) is 11.3. The SMILES string of the molecule is Cc1ccsc1/C=C/C(=O)N(C)CCC(C)O. The molecule has 94 valence electrons. The fourth-order valence-electron chi connectivity index (χ4n) is 1.32. The predicted octanol–water partition coefficient (Wildman–Crippen LogP) is 2.30. The lowest BCUT2D eigenvalue weighted by Crippen LogP contribution is -2.27. The minimum atomic E-state index is -0.367. The first-order valence-electron chi connectivity index (χ1n) is 5.66. The van der Waals surface area contributed by atoms with Gasteiger partial charge in [0, 0.05) is 24.5 Å². The Hall–Kier alpha value is -1.13. The van der Waals surface area contributed by atoms with Gasteiger partial charge in [-0.3, -0.25) is 4.79 Å². The van der Waals surface area contributed by atoms with E-state index in [0.29, 0.717) is 13.0 Å². The summed E-state index contributed by atoms with van der Waals surface area (Å²) in [6.07, 6.45) is 3.67. The van der Waals surface area contributed by atoms with Crippen molar-refractivity contribution in [1.82, 2.24) is 4.90 Å². The molecule has 1 unspecified atom stereocenters. The number of carbonyl (C=O) groups is 1. The van der Waals surface area contributed by atoms with Gasteiger partial charge in [0.05, 0.1) is 6.10 Å². The molecule has 0 saturated heterocycles. The Bertz CT molecular complexity index is 396. The molecular formula is C13H19NO2S. The van der Waals surface area contributed by atoms with E-state index in [1.807, 2.05) is 24.4 Å². The van der Waals surface area contributed by atoms with Gasteiger partial charge in [-0.05, 0) is 43.4 Å². The van der Waals surface area contributed by atoms with Gasteiger partial charge in [-0.1, -0.05) is 0 Å². The van der Waals surface area contributed by atoms with Crippen LogP contribution in [0.15, 0.2) is 17.5 Å². The van der Waals surface area contributed by atoms with Crippen molar-refractivity contribution in [2.24, 2.45) is 0 Å². The maximum Gasteiger partial charge on any atom is 0.246 e. The lowest BCUT2D eigenvalue weighted by atomic mass is 10.2. The van der Waals surface area contributed by atoms with Crippen molar-refractivity contribution in [2.75, 3.05) is 13.6 Å². The van der Waals surface area contributed by atoms with Crippen LogP contribution in [0.5, 0.6) is 0 Å². The first kappa shape index (κ1) is 13.9. The van der Waals surface area contributed by atoms with E-state index in [-0.39, 0.29) is 12.0 Å². The van der Waals surface area contributed by atoms with Crippen LogP contribution in [0, 0.1) is 6.92 Å². The zero-order valence-electron chi connectivity index (χ0n) is 10.5. The van der Waals surface area contributed by atoms with Crippen molar-refractivity contribution in [3.05, 3.63) is 28.0 Å². The van der Waals surface area contributed by atoms with E-state index in [0.717, 1.165) is 4.88 Å². The summed E-state index contributed by atoms with van der Waals surface area (Å²) >= 11 is 1.62. The highest BCUT2D eigenvalue weighted by Crippen LogP contribution is 2.17. The number of nitrogens with zero attached hydrogens (tertiary/aromatic N) is 1. The van der Waals surface area contributed by atoms with Crippen LogP contribution < -0.4 is 0 Å². The highest BCUT2D eigenvalue weighted by Gasteiger charge is 2.06. The predicted molar refractivity (Wildman–Crippen MR) is 72.0 cm³/mol. The van der Waals surface area contributed by atoms with Crippen molar-refractivity contribution < 1.29 is 9.90 Å². The maximum absolute atomic E-state index is 11.7. The number of hydrogen-bond donors (Lipinski definition) is 1. The number of carbonyl (C=O) groups excluding carboxylic acids is 1. The van der Waals surface area contributed by atoms with Crippen LogP contribution in [-0.2, 0) is 4.79 Å². The monoisotopic (exact) mass is 253 g/mol. The quantitative estimate of drug-likeness (QED) is 0.818. The fraction of sp³-hybridized carbons (Fsp3) is 0.462. The Kier molecular flexibility index (Phi) is 5.38. The molecule has 3 nitrogen and oxygen atoms in total. The van der Waals surface area contributed by atoms with E-state index in [4.69, 9.17) is 5.11 Å². The van der Waals surface area contributed by atoms with Gasteiger partial charge in [0.15, 0.2) is 0 Å². The van der Waals surface area contributed by atoms with Crippen LogP contribution in [0.2, 0.25) is 0 Å². The average molecular weight is 253 g/mol. The largest absolute Gasteiger partial charge is 0.393 e. The summed E-state index contributed by atoms with van der Waals surface area (Å²) in [5.41, 5.74) is 1.19. The lowest BCUT2D eigenvalue weighted by Gasteiger charge is -2.15. The van der Waals surface area contributed by atoms with E-state index in [1.54, 1.807) is 36.3 Å². The van der Waals surface area contributed by atoms with Crippen molar-refractivity contribution in [3.63, 3.8) is 0 Å². The minimum absolute atomic E-state index is 0.0292. The van der Waals surface area contributed by atoms with Crippen LogP contribution in [0.3, 0.4) is 0 Å². The van der Waals surface area contributed by atoms with Gasteiger partial charge >= 0.3 is 0 Å².